The molecule has 2 aromatic carbocycles. The molecule has 0 unspecified atom stereocenters. The zero-order valence-electron chi connectivity index (χ0n) is 18.5. The first kappa shape index (κ1) is 21.7. The molecule has 0 saturated heterocycles. The van der Waals surface area contributed by atoms with Gasteiger partial charge in [0.15, 0.2) is 11.5 Å². The van der Waals surface area contributed by atoms with Crippen LogP contribution >= 0.6 is 11.6 Å². The molecule has 6 heteroatoms. The molecule has 1 aliphatic carbocycles. The van der Waals surface area contributed by atoms with E-state index in [0.717, 1.165) is 27.7 Å². The van der Waals surface area contributed by atoms with Gasteiger partial charge in [-0.15, -0.1) is 0 Å². The lowest BCUT2D eigenvalue weighted by atomic mass is 9.89. The lowest BCUT2D eigenvalue weighted by molar-refractivity contribution is 0.215. The number of hydrogen-bond acceptors (Lipinski definition) is 5. The molecule has 1 heterocycles. The third kappa shape index (κ3) is 4.30. The molecule has 1 radical (unpaired) electrons. The first-order valence-corrected chi connectivity index (χ1v) is 11.0. The largest absolute Gasteiger partial charge is 0.503 e. The Morgan fingerprint density at radius 3 is 2.42 bits per heavy atom. The Morgan fingerprint density at radius 1 is 1.03 bits per heavy atom. The Kier molecular flexibility index (Phi) is 6.26. The Balaban J connectivity index is 1.69. The van der Waals surface area contributed by atoms with E-state index in [-0.39, 0.29) is 10.8 Å². The molecule has 0 bridgehead atoms. The van der Waals surface area contributed by atoms with E-state index in [1.807, 2.05) is 12.1 Å². The second-order valence-electron chi connectivity index (χ2n) is 8.53. The maximum absolute atomic E-state index is 10.1. The molecule has 0 atom stereocenters. The highest BCUT2D eigenvalue weighted by atomic mass is 35.5. The Labute approximate surface area is 189 Å². The number of anilines is 1. The second-order valence-corrected chi connectivity index (χ2v) is 8.94. The van der Waals surface area contributed by atoms with E-state index in [9.17, 15) is 5.11 Å². The molecule has 4 rings (SSSR count). The van der Waals surface area contributed by atoms with E-state index in [1.54, 1.807) is 18.3 Å². The van der Waals surface area contributed by atoms with Crippen LogP contribution in [0, 0.1) is 6.07 Å². The zero-order chi connectivity index (χ0) is 22.1. The molecule has 0 spiro atoms. The van der Waals surface area contributed by atoms with Gasteiger partial charge < -0.3 is 19.6 Å². The molecule has 1 aromatic heterocycles. The fourth-order valence-corrected chi connectivity index (χ4v) is 4.80. The van der Waals surface area contributed by atoms with Gasteiger partial charge in [0.05, 0.1) is 23.3 Å². The van der Waals surface area contributed by atoms with Crippen molar-refractivity contribution < 1.29 is 9.84 Å². The highest BCUT2D eigenvalue weighted by Crippen LogP contribution is 2.40. The number of rotatable bonds is 5. The van der Waals surface area contributed by atoms with Gasteiger partial charge in [0, 0.05) is 36.8 Å². The Morgan fingerprint density at radius 2 is 1.74 bits per heavy atom. The number of hydrogen-bond donors (Lipinski definition) is 1. The first-order valence-electron chi connectivity index (χ1n) is 10.7. The third-order valence-electron chi connectivity index (χ3n) is 6.54. The number of halogens is 1. The van der Waals surface area contributed by atoms with Gasteiger partial charge in [0.2, 0.25) is 0 Å². The third-order valence-corrected chi connectivity index (χ3v) is 6.82. The summed E-state index contributed by atoms with van der Waals surface area (Å²) in [4.78, 5) is 9.23. The number of aromatic nitrogens is 1. The topological polar surface area (TPSA) is 48.8 Å². The van der Waals surface area contributed by atoms with Crippen molar-refractivity contribution in [1.29, 1.82) is 0 Å². The highest BCUT2D eigenvalue weighted by molar-refractivity contribution is 6.32. The van der Waals surface area contributed by atoms with Crippen molar-refractivity contribution in [3.63, 3.8) is 0 Å². The van der Waals surface area contributed by atoms with Crippen molar-refractivity contribution in [1.82, 2.24) is 9.88 Å². The number of benzene rings is 2. The van der Waals surface area contributed by atoms with Crippen molar-refractivity contribution in [2.24, 2.45) is 0 Å². The number of nitrogens with zero attached hydrogens (tertiary/aromatic N) is 3. The minimum Gasteiger partial charge on any atom is -0.503 e. The molecule has 0 aliphatic heterocycles. The normalized spacial score (nSPS) is 19.0. The smallest absolute Gasteiger partial charge is 0.176 e. The summed E-state index contributed by atoms with van der Waals surface area (Å²) in [5, 5.41) is 11.4. The number of pyridine rings is 1. The van der Waals surface area contributed by atoms with Gasteiger partial charge in [-0.25, -0.2) is 0 Å². The summed E-state index contributed by atoms with van der Waals surface area (Å²) < 4.78 is 5.28. The molecule has 1 fully saturated rings. The van der Waals surface area contributed by atoms with Crippen molar-refractivity contribution in [3.8, 4) is 22.6 Å². The van der Waals surface area contributed by atoms with Gasteiger partial charge in [0.25, 0.3) is 0 Å². The van der Waals surface area contributed by atoms with Crippen molar-refractivity contribution >= 4 is 28.2 Å². The number of phenolic OH excluding ortho intramolecular Hbond substituents is 1. The maximum atomic E-state index is 10.1. The lowest BCUT2D eigenvalue weighted by Gasteiger charge is -2.38. The number of fused-ring (bicyclic) bond motifs is 1. The van der Waals surface area contributed by atoms with Crippen LogP contribution in [0.4, 0.5) is 5.69 Å². The van der Waals surface area contributed by atoms with Gasteiger partial charge in [-0.3, -0.25) is 4.98 Å². The van der Waals surface area contributed by atoms with E-state index in [2.05, 4.69) is 48.1 Å². The van der Waals surface area contributed by atoms with Crippen molar-refractivity contribution in [3.05, 3.63) is 47.6 Å². The Hall–Kier alpha value is -2.50. The summed E-state index contributed by atoms with van der Waals surface area (Å²) in [6.45, 7) is 0. The van der Waals surface area contributed by atoms with Crippen LogP contribution in [0.1, 0.15) is 25.7 Å². The number of methoxy groups -OCH3 is 1. The lowest BCUT2D eigenvalue weighted by Crippen LogP contribution is -2.40. The molecular weight excluding hydrogens is 410 g/mol. The molecule has 1 saturated carbocycles. The number of ether oxygens (including phenoxy) is 1. The average molecular weight is 439 g/mol. The van der Waals surface area contributed by atoms with Crippen molar-refractivity contribution in [2.75, 3.05) is 33.2 Å². The minimum atomic E-state index is -0.0440. The number of phenols is 1. The van der Waals surface area contributed by atoms with Crippen LogP contribution in [0.15, 0.2) is 36.5 Å². The molecule has 1 N–H and O–H groups in total. The van der Waals surface area contributed by atoms with E-state index in [0.29, 0.717) is 17.8 Å². The summed E-state index contributed by atoms with van der Waals surface area (Å²) in [7, 11) is 8.03. The fourth-order valence-electron chi connectivity index (χ4n) is 4.59. The van der Waals surface area contributed by atoms with E-state index < -0.39 is 0 Å². The van der Waals surface area contributed by atoms with Crippen LogP contribution < -0.4 is 9.64 Å². The van der Waals surface area contributed by atoms with Gasteiger partial charge >= 0.3 is 0 Å². The molecule has 0 amide bonds. The second kappa shape index (κ2) is 8.93. The molecule has 1 aliphatic rings. The molecule has 31 heavy (non-hydrogen) atoms. The van der Waals surface area contributed by atoms with E-state index >= 15 is 0 Å². The van der Waals surface area contributed by atoms with Crippen LogP contribution in [0.25, 0.3) is 22.0 Å². The van der Waals surface area contributed by atoms with E-state index in [1.165, 1.54) is 32.8 Å². The molecule has 163 valence electrons. The summed E-state index contributed by atoms with van der Waals surface area (Å²) in [6, 6.07) is 14.3. The van der Waals surface area contributed by atoms with Gasteiger partial charge in [0.1, 0.15) is 0 Å². The SMILES string of the molecule is COc1cc(-c2ccc3nc[c]c(N(C)C4CCC(N(C)C)CC4)c3c2)cc(Cl)c1O. The van der Waals surface area contributed by atoms with Gasteiger partial charge in [-0.2, -0.15) is 0 Å². The summed E-state index contributed by atoms with van der Waals surface area (Å²) in [6.07, 6.45) is 6.52. The van der Waals surface area contributed by atoms with Crippen molar-refractivity contribution in [2.45, 2.75) is 37.8 Å². The highest BCUT2D eigenvalue weighted by Gasteiger charge is 2.26. The fraction of sp³-hybridized carbons (Fsp3) is 0.400. The zero-order valence-corrected chi connectivity index (χ0v) is 19.3. The Bertz CT molecular complexity index is 1080. The maximum Gasteiger partial charge on any atom is 0.176 e. The van der Waals surface area contributed by atoms with Crippen LogP contribution in [0.2, 0.25) is 5.02 Å². The standard InChI is InChI=1S/C25H29ClN3O2/c1-28(2)18-6-8-19(9-7-18)29(3)23-11-12-27-22-10-5-16(13-20(22)23)17-14-21(26)25(30)24(15-17)31-4/h5,10,12-15,18-19,30H,6-9H2,1-4H3. The predicted molar refractivity (Wildman–Crippen MR) is 127 cm³/mol. The summed E-state index contributed by atoms with van der Waals surface area (Å²) in [5.41, 5.74) is 3.87. The molecule has 5 nitrogen and oxygen atoms in total. The van der Waals surface area contributed by atoms with Crippen LogP contribution in [0.3, 0.4) is 0 Å². The van der Waals surface area contributed by atoms with Gasteiger partial charge in [-0.1, -0.05) is 17.7 Å². The van der Waals surface area contributed by atoms with Gasteiger partial charge in [-0.05, 0) is 75.2 Å². The first-order chi connectivity index (χ1) is 14.9. The summed E-state index contributed by atoms with van der Waals surface area (Å²) >= 11 is 6.22. The van der Waals surface area contributed by atoms with Crippen LogP contribution in [-0.4, -0.2) is 55.3 Å². The quantitative estimate of drug-likeness (QED) is 0.579. The molecular formula is C25H29ClN3O2. The summed E-state index contributed by atoms with van der Waals surface area (Å²) in [5.74, 6) is 0.313. The number of aromatic hydroxyl groups is 1. The predicted octanol–water partition coefficient (Wildman–Crippen LogP) is 5.38. The monoisotopic (exact) mass is 438 g/mol. The average Bonchev–Trinajstić information content (AvgIpc) is 2.79. The van der Waals surface area contributed by atoms with E-state index in [4.69, 9.17) is 16.3 Å². The minimum absolute atomic E-state index is 0.0440. The van der Waals surface area contributed by atoms with Crippen LogP contribution in [-0.2, 0) is 0 Å². The molecule has 3 aromatic rings. The van der Waals surface area contributed by atoms with Crippen LogP contribution in [0.5, 0.6) is 11.5 Å².